The van der Waals surface area contributed by atoms with Gasteiger partial charge in [-0.25, -0.2) is 0 Å². The second kappa shape index (κ2) is 3.94. The van der Waals surface area contributed by atoms with Crippen LogP contribution in [0, 0.1) is 0 Å². The highest BCUT2D eigenvalue weighted by Crippen LogP contribution is 2.18. The highest BCUT2D eigenvalue weighted by Gasteiger charge is 2.14. The molecule has 0 aliphatic rings. The summed E-state index contributed by atoms with van der Waals surface area (Å²) in [6, 6.07) is 0. The molecule has 2 aromatic heterocycles. The first kappa shape index (κ1) is 11.2. The van der Waals surface area contributed by atoms with Gasteiger partial charge in [-0.2, -0.15) is 10.2 Å². The Bertz CT molecular complexity index is 478. The van der Waals surface area contributed by atoms with E-state index in [1.807, 2.05) is 17.1 Å². The van der Waals surface area contributed by atoms with Crippen molar-refractivity contribution >= 4 is 11.6 Å². The topological polar surface area (TPSA) is 46.5 Å². The Labute approximate surface area is 99.6 Å². The van der Waals surface area contributed by atoms with Gasteiger partial charge in [0.05, 0.1) is 28.6 Å². The van der Waals surface area contributed by atoms with Crippen molar-refractivity contribution in [3.8, 4) is 0 Å². The van der Waals surface area contributed by atoms with Crippen LogP contribution in [0.5, 0.6) is 0 Å². The van der Waals surface area contributed by atoms with Crippen LogP contribution in [0.4, 0.5) is 0 Å². The van der Waals surface area contributed by atoms with Gasteiger partial charge in [-0.15, -0.1) is 0 Å². The average molecular weight is 239 g/mol. The molecule has 0 radical (unpaired) electrons. The molecule has 4 nitrogen and oxygen atoms in total. The molecular formula is C11H15ClN4. The highest BCUT2D eigenvalue weighted by molar-refractivity contribution is 6.31. The van der Waals surface area contributed by atoms with Gasteiger partial charge in [0.1, 0.15) is 0 Å². The number of hydrogen-bond donors (Lipinski definition) is 1. The zero-order chi connectivity index (χ0) is 11.8. The standard InChI is InChI=1S/C11H15ClN4/c1-11(2,3)16-7-8(5-14-16)4-10-9(12)6-13-15-10/h5-7H,4H2,1-3H3,(H,13,15). The van der Waals surface area contributed by atoms with E-state index in [2.05, 4.69) is 36.1 Å². The lowest BCUT2D eigenvalue weighted by molar-refractivity contribution is 0.355. The van der Waals surface area contributed by atoms with Gasteiger partial charge < -0.3 is 0 Å². The third kappa shape index (κ3) is 2.27. The summed E-state index contributed by atoms with van der Waals surface area (Å²) in [5.74, 6) is 0. The van der Waals surface area contributed by atoms with Gasteiger partial charge in [-0.1, -0.05) is 11.6 Å². The van der Waals surface area contributed by atoms with E-state index >= 15 is 0 Å². The number of halogens is 1. The molecule has 0 bridgehead atoms. The number of nitrogens with one attached hydrogen (secondary N) is 1. The van der Waals surface area contributed by atoms with Crippen molar-refractivity contribution in [2.75, 3.05) is 0 Å². The number of aromatic amines is 1. The lowest BCUT2D eigenvalue weighted by atomic mass is 10.1. The third-order valence-corrected chi connectivity index (χ3v) is 2.70. The van der Waals surface area contributed by atoms with Crippen molar-refractivity contribution in [3.63, 3.8) is 0 Å². The fraction of sp³-hybridized carbons (Fsp3) is 0.455. The van der Waals surface area contributed by atoms with Gasteiger partial charge >= 0.3 is 0 Å². The molecule has 0 saturated heterocycles. The van der Waals surface area contributed by atoms with Crippen LogP contribution in [0.3, 0.4) is 0 Å². The lowest BCUT2D eigenvalue weighted by Gasteiger charge is -2.18. The number of aromatic nitrogens is 4. The molecule has 2 rings (SSSR count). The Morgan fingerprint density at radius 1 is 1.38 bits per heavy atom. The largest absolute Gasteiger partial charge is 0.281 e. The molecule has 0 atom stereocenters. The lowest BCUT2D eigenvalue weighted by Crippen LogP contribution is -2.21. The molecule has 0 fully saturated rings. The third-order valence-electron chi connectivity index (χ3n) is 2.37. The Kier molecular flexibility index (Phi) is 2.76. The first-order chi connectivity index (χ1) is 7.47. The number of hydrogen-bond acceptors (Lipinski definition) is 2. The summed E-state index contributed by atoms with van der Waals surface area (Å²) in [4.78, 5) is 0. The fourth-order valence-electron chi connectivity index (χ4n) is 1.44. The molecule has 0 aliphatic heterocycles. The first-order valence-corrected chi connectivity index (χ1v) is 5.56. The van der Waals surface area contributed by atoms with Crippen molar-refractivity contribution in [2.24, 2.45) is 0 Å². The van der Waals surface area contributed by atoms with Gasteiger partial charge in [0.25, 0.3) is 0 Å². The molecule has 0 spiro atoms. The molecule has 0 aliphatic carbocycles. The van der Waals surface area contributed by atoms with Crippen molar-refractivity contribution in [2.45, 2.75) is 32.7 Å². The maximum atomic E-state index is 5.97. The number of nitrogens with zero attached hydrogens (tertiary/aromatic N) is 3. The van der Waals surface area contributed by atoms with Gasteiger partial charge in [0.15, 0.2) is 0 Å². The molecule has 5 heteroatoms. The van der Waals surface area contributed by atoms with E-state index in [-0.39, 0.29) is 5.54 Å². The SMILES string of the molecule is CC(C)(C)n1cc(Cc2[nH]ncc2Cl)cn1. The maximum Gasteiger partial charge on any atom is 0.0818 e. The first-order valence-electron chi connectivity index (χ1n) is 5.18. The Morgan fingerprint density at radius 3 is 2.62 bits per heavy atom. The van der Waals surface area contributed by atoms with Crippen molar-refractivity contribution < 1.29 is 0 Å². The van der Waals surface area contributed by atoms with Gasteiger partial charge in [0, 0.05) is 12.6 Å². The van der Waals surface area contributed by atoms with Crippen molar-refractivity contribution in [1.82, 2.24) is 20.0 Å². The zero-order valence-corrected chi connectivity index (χ0v) is 10.4. The summed E-state index contributed by atoms with van der Waals surface area (Å²) in [7, 11) is 0. The second-order valence-corrected chi connectivity index (χ2v) is 5.24. The average Bonchev–Trinajstić information content (AvgIpc) is 2.76. The number of rotatable bonds is 2. The Morgan fingerprint density at radius 2 is 2.12 bits per heavy atom. The smallest absolute Gasteiger partial charge is 0.0818 e. The summed E-state index contributed by atoms with van der Waals surface area (Å²) >= 11 is 5.97. The molecule has 16 heavy (non-hydrogen) atoms. The molecule has 0 amide bonds. The van der Waals surface area contributed by atoms with Crippen molar-refractivity contribution in [1.29, 1.82) is 0 Å². The van der Waals surface area contributed by atoms with Crippen LogP contribution in [-0.4, -0.2) is 20.0 Å². The summed E-state index contributed by atoms with van der Waals surface area (Å²) in [5.41, 5.74) is 2.06. The van der Waals surface area contributed by atoms with Crippen LogP contribution in [0.25, 0.3) is 0 Å². The molecule has 0 unspecified atom stereocenters. The quantitative estimate of drug-likeness (QED) is 0.874. The van der Waals surface area contributed by atoms with E-state index in [9.17, 15) is 0 Å². The van der Waals surface area contributed by atoms with Gasteiger partial charge in [-0.05, 0) is 26.3 Å². The summed E-state index contributed by atoms with van der Waals surface area (Å²) in [6.45, 7) is 6.35. The maximum absolute atomic E-state index is 5.97. The zero-order valence-electron chi connectivity index (χ0n) is 9.66. The summed E-state index contributed by atoms with van der Waals surface area (Å²) in [5, 5.41) is 11.8. The highest BCUT2D eigenvalue weighted by atomic mass is 35.5. The minimum Gasteiger partial charge on any atom is -0.281 e. The Hall–Kier alpha value is -1.29. The second-order valence-electron chi connectivity index (χ2n) is 4.84. The van der Waals surface area contributed by atoms with Crippen molar-refractivity contribution in [3.05, 3.63) is 34.9 Å². The molecular weight excluding hydrogens is 224 g/mol. The monoisotopic (exact) mass is 238 g/mol. The van der Waals surface area contributed by atoms with Crippen LogP contribution in [0.15, 0.2) is 18.6 Å². The molecule has 1 N–H and O–H groups in total. The van der Waals surface area contributed by atoms with Crippen LogP contribution >= 0.6 is 11.6 Å². The summed E-state index contributed by atoms with van der Waals surface area (Å²) in [6.07, 6.45) is 6.25. The van der Waals surface area contributed by atoms with E-state index in [4.69, 9.17) is 11.6 Å². The predicted octanol–water partition coefficient (Wildman–Crippen LogP) is 2.61. The Balaban J connectivity index is 2.18. The minimum atomic E-state index is 0.00995. The van der Waals surface area contributed by atoms with Crippen LogP contribution < -0.4 is 0 Å². The van der Waals surface area contributed by atoms with E-state index < -0.39 is 0 Å². The normalized spacial score (nSPS) is 12.0. The van der Waals surface area contributed by atoms with E-state index in [0.29, 0.717) is 5.02 Å². The molecule has 86 valence electrons. The minimum absolute atomic E-state index is 0.00995. The fourth-order valence-corrected chi connectivity index (χ4v) is 1.60. The molecule has 2 heterocycles. The molecule has 0 saturated carbocycles. The van der Waals surface area contributed by atoms with Crippen LogP contribution in [0.1, 0.15) is 32.0 Å². The van der Waals surface area contributed by atoms with Crippen LogP contribution in [0.2, 0.25) is 5.02 Å². The van der Waals surface area contributed by atoms with Crippen LogP contribution in [-0.2, 0) is 12.0 Å². The van der Waals surface area contributed by atoms with E-state index in [1.165, 1.54) is 0 Å². The predicted molar refractivity (Wildman–Crippen MR) is 63.6 cm³/mol. The van der Waals surface area contributed by atoms with Gasteiger partial charge in [-0.3, -0.25) is 9.78 Å². The van der Waals surface area contributed by atoms with E-state index in [1.54, 1.807) is 6.20 Å². The molecule has 0 aromatic carbocycles. The number of H-pyrrole nitrogens is 1. The molecule has 2 aromatic rings. The van der Waals surface area contributed by atoms with Gasteiger partial charge in [0.2, 0.25) is 0 Å². The summed E-state index contributed by atoms with van der Waals surface area (Å²) < 4.78 is 1.95. The van der Waals surface area contributed by atoms with E-state index in [0.717, 1.165) is 17.7 Å².